The standard InChI is InChI=1S/C17H21FN2O/c1-17(2,3)20-10-8-14(9-11-20)19-16(21)12-13-6-4-5-7-15(13)18/h4-10H,11-12H2,1-3H3,(H,19,21). The van der Waals surface area contributed by atoms with E-state index in [-0.39, 0.29) is 23.7 Å². The number of carbonyl (C=O) groups excluding carboxylic acids is 1. The van der Waals surface area contributed by atoms with E-state index in [1.54, 1.807) is 18.2 Å². The molecule has 3 nitrogen and oxygen atoms in total. The Balaban J connectivity index is 1.92. The number of allylic oxidation sites excluding steroid dienone is 1. The van der Waals surface area contributed by atoms with E-state index >= 15 is 0 Å². The zero-order valence-corrected chi connectivity index (χ0v) is 12.7. The van der Waals surface area contributed by atoms with Crippen molar-refractivity contribution in [2.75, 3.05) is 6.54 Å². The average molecular weight is 288 g/mol. The third kappa shape index (κ3) is 4.18. The summed E-state index contributed by atoms with van der Waals surface area (Å²) in [5.41, 5.74) is 1.22. The number of nitrogens with one attached hydrogen (secondary N) is 1. The van der Waals surface area contributed by atoms with Gasteiger partial charge in [0.05, 0.1) is 6.42 Å². The second kappa shape index (κ2) is 6.12. The number of rotatable bonds is 3. The van der Waals surface area contributed by atoms with E-state index < -0.39 is 0 Å². The monoisotopic (exact) mass is 288 g/mol. The number of hydrogen-bond acceptors (Lipinski definition) is 2. The van der Waals surface area contributed by atoms with Crippen LogP contribution in [0.5, 0.6) is 0 Å². The predicted octanol–water partition coefficient (Wildman–Crippen LogP) is 3.00. The van der Waals surface area contributed by atoms with Gasteiger partial charge < -0.3 is 10.2 Å². The van der Waals surface area contributed by atoms with Gasteiger partial charge in [0.15, 0.2) is 0 Å². The summed E-state index contributed by atoms with van der Waals surface area (Å²) in [6, 6.07) is 6.34. The highest BCUT2D eigenvalue weighted by Gasteiger charge is 2.19. The van der Waals surface area contributed by atoms with Crippen LogP contribution < -0.4 is 5.32 Å². The molecule has 0 aliphatic carbocycles. The van der Waals surface area contributed by atoms with Gasteiger partial charge in [-0.15, -0.1) is 0 Å². The fraction of sp³-hybridized carbons (Fsp3) is 0.353. The van der Waals surface area contributed by atoms with Crippen LogP contribution >= 0.6 is 0 Å². The van der Waals surface area contributed by atoms with Crippen molar-refractivity contribution in [3.63, 3.8) is 0 Å². The van der Waals surface area contributed by atoms with Crippen molar-refractivity contribution >= 4 is 5.91 Å². The first kappa shape index (κ1) is 15.3. The van der Waals surface area contributed by atoms with Crippen LogP contribution in [0.25, 0.3) is 0 Å². The first-order valence-corrected chi connectivity index (χ1v) is 7.04. The van der Waals surface area contributed by atoms with Crippen molar-refractivity contribution < 1.29 is 9.18 Å². The summed E-state index contributed by atoms with van der Waals surface area (Å²) in [5.74, 6) is -0.556. The van der Waals surface area contributed by atoms with Gasteiger partial charge in [0.1, 0.15) is 5.82 Å². The van der Waals surface area contributed by atoms with Crippen LogP contribution in [0.2, 0.25) is 0 Å². The van der Waals surface area contributed by atoms with Crippen LogP contribution in [0.1, 0.15) is 26.3 Å². The summed E-state index contributed by atoms with van der Waals surface area (Å²) in [6.07, 6.45) is 5.85. The maximum Gasteiger partial charge on any atom is 0.228 e. The first-order chi connectivity index (χ1) is 9.86. The highest BCUT2D eigenvalue weighted by molar-refractivity contribution is 5.80. The lowest BCUT2D eigenvalue weighted by Crippen LogP contribution is -2.39. The molecule has 4 heteroatoms. The molecule has 112 valence electrons. The van der Waals surface area contributed by atoms with Crippen LogP contribution in [0.4, 0.5) is 4.39 Å². The van der Waals surface area contributed by atoms with Crippen LogP contribution in [0.3, 0.4) is 0 Å². The number of hydrogen-bond donors (Lipinski definition) is 1. The number of carbonyl (C=O) groups is 1. The van der Waals surface area contributed by atoms with Crippen LogP contribution in [0.15, 0.2) is 48.3 Å². The molecular weight excluding hydrogens is 267 g/mol. The van der Waals surface area contributed by atoms with E-state index in [2.05, 4.69) is 31.0 Å². The molecular formula is C17H21FN2O. The van der Waals surface area contributed by atoms with Crippen LogP contribution in [0, 0.1) is 5.82 Å². The predicted molar refractivity (Wildman–Crippen MR) is 81.9 cm³/mol. The first-order valence-electron chi connectivity index (χ1n) is 7.04. The molecule has 1 N–H and O–H groups in total. The van der Waals surface area contributed by atoms with E-state index in [0.29, 0.717) is 5.56 Å². The largest absolute Gasteiger partial charge is 0.369 e. The third-order valence-electron chi connectivity index (χ3n) is 3.40. The van der Waals surface area contributed by atoms with Gasteiger partial charge in [-0.25, -0.2) is 4.39 Å². The Hall–Kier alpha value is -2.10. The lowest BCUT2D eigenvalue weighted by Gasteiger charge is -2.35. The highest BCUT2D eigenvalue weighted by Crippen LogP contribution is 2.17. The minimum atomic E-state index is -0.347. The lowest BCUT2D eigenvalue weighted by molar-refractivity contribution is -0.119. The molecule has 1 aromatic rings. The molecule has 1 aliphatic rings. The molecule has 0 fully saturated rings. The molecule has 0 atom stereocenters. The normalized spacial score (nSPS) is 14.9. The van der Waals surface area contributed by atoms with Gasteiger partial charge in [-0.2, -0.15) is 0 Å². The molecule has 0 unspecified atom stereocenters. The summed E-state index contributed by atoms with van der Waals surface area (Å²) in [4.78, 5) is 14.1. The Kier molecular flexibility index (Phi) is 4.46. The molecule has 1 amide bonds. The topological polar surface area (TPSA) is 32.3 Å². The van der Waals surface area contributed by atoms with Crippen molar-refractivity contribution in [1.82, 2.24) is 10.2 Å². The fourth-order valence-electron chi connectivity index (χ4n) is 2.11. The minimum Gasteiger partial charge on any atom is -0.369 e. The van der Waals surface area contributed by atoms with Crippen molar-refractivity contribution in [2.45, 2.75) is 32.7 Å². The maximum atomic E-state index is 13.5. The van der Waals surface area contributed by atoms with Gasteiger partial charge >= 0.3 is 0 Å². The quantitative estimate of drug-likeness (QED) is 0.927. The number of nitrogens with zero attached hydrogens (tertiary/aromatic N) is 1. The van der Waals surface area contributed by atoms with Crippen LogP contribution in [-0.2, 0) is 11.2 Å². The SMILES string of the molecule is CC(C)(C)N1C=CC(NC(=O)Cc2ccccc2F)=CC1. The van der Waals surface area contributed by atoms with E-state index in [1.807, 2.05) is 18.4 Å². The van der Waals surface area contributed by atoms with E-state index in [1.165, 1.54) is 6.07 Å². The van der Waals surface area contributed by atoms with Crippen molar-refractivity contribution in [1.29, 1.82) is 0 Å². The Morgan fingerprint density at radius 3 is 2.62 bits per heavy atom. The zero-order chi connectivity index (χ0) is 15.5. The van der Waals surface area contributed by atoms with E-state index in [0.717, 1.165) is 12.2 Å². The molecule has 0 radical (unpaired) electrons. The molecule has 1 heterocycles. The molecule has 1 aromatic carbocycles. The van der Waals surface area contributed by atoms with Gasteiger partial charge in [-0.05, 0) is 44.6 Å². The molecule has 0 bridgehead atoms. The average Bonchev–Trinajstić information content (AvgIpc) is 2.41. The number of amides is 1. The molecule has 0 saturated carbocycles. The fourth-order valence-corrected chi connectivity index (χ4v) is 2.11. The molecule has 0 aromatic heterocycles. The van der Waals surface area contributed by atoms with E-state index in [4.69, 9.17) is 0 Å². The third-order valence-corrected chi connectivity index (χ3v) is 3.40. The van der Waals surface area contributed by atoms with Gasteiger partial charge in [0.25, 0.3) is 0 Å². The summed E-state index contributed by atoms with van der Waals surface area (Å²) in [7, 11) is 0. The number of halogens is 1. The Morgan fingerprint density at radius 1 is 1.33 bits per heavy atom. The Morgan fingerprint density at radius 2 is 2.05 bits per heavy atom. The van der Waals surface area contributed by atoms with Gasteiger partial charge in [0, 0.05) is 24.0 Å². The van der Waals surface area contributed by atoms with Crippen molar-refractivity contribution in [3.8, 4) is 0 Å². The van der Waals surface area contributed by atoms with Gasteiger partial charge in [0.2, 0.25) is 5.91 Å². The summed E-state index contributed by atoms with van der Waals surface area (Å²) in [5, 5.41) is 2.81. The second-order valence-corrected chi connectivity index (χ2v) is 6.11. The van der Waals surface area contributed by atoms with Gasteiger partial charge in [-0.1, -0.05) is 18.2 Å². The number of benzene rings is 1. The molecule has 0 spiro atoms. The molecule has 1 aliphatic heterocycles. The molecule has 2 rings (SSSR count). The summed E-state index contributed by atoms with van der Waals surface area (Å²) in [6.45, 7) is 7.14. The van der Waals surface area contributed by atoms with Crippen LogP contribution in [-0.4, -0.2) is 22.9 Å². The summed E-state index contributed by atoms with van der Waals surface area (Å²) < 4.78 is 13.5. The Labute approximate surface area is 125 Å². The molecule has 0 saturated heterocycles. The van der Waals surface area contributed by atoms with Crippen molar-refractivity contribution in [2.24, 2.45) is 0 Å². The lowest BCUT2D eigenvalue weighted by atomic mass is 10.1. The second-order valence-electron chi connectivity index (χ2n) is 6.11. The van der Waals surface area contributed by atoms with E-state index in [9.17, 15) is 9.18 Å². The minimum absolute atomic E-state index is 0.0425. The molecule has 21 heavy (non-hydrogen) atoms. The Bertz CT molecular complexity index is 585. The maximum absolute atomic E-state index is 13.5. The van der Waals surface area contributed by atoms with Crippen molar-refractivity contribution in [3.05, 3.63) is 59.7 Å². The highest BCUT2D eigenvalue weighted by atomic mass is 19.1. The smallest absolute Gasteiger partial charge is 0.228 e. The van der Waals surface area contributed by atoms with Gasteiger partial charge in [-0.3, -0.25) is 4.79 Å². The zero-order valence-electron chi connectivity index (χ0n) is 12.7. The summed E-state index contributed by atoms with van der Waals surface area (Å²) >= 11 is 0.